The van der Waals surface area contributed by atoms with Gasteiger partial charge < -0.3 is 5.32 Å². The third-order valence-corrected chi connectivity index (χ3v) is 3.53. The summed E-state index contributed by atoms with van der Waals surface area (Å²) in [5.74, 6) is 0. The van der Waals surface area contributed by atoms with Gasteiger partial charge in [-0.1, -0.05) is 11.8 Å². The van der Waals surface area contributed by atoms with Crippen molar-refractivity contribution in [3.8, 4) is 0 Å². The monoisotopic (exact) mass is 188 g/mol. The lowest BCUT2D eigenvalue weighted by atomic mass is 10.4. The Morgan fingerprint density at radius 1 is 1.64 bits per heavy atom. The van der Waals surface area contributed by atoms with E-state index < -0.39 is 0 Å². The summed E-state index contributed by atoms with van der Waals surface area (Å²) in [6.45, 7) is 2.99. The molecule has 0 unspecified atom stereocenters. The second-order valence-corrected chi connectivity index (χ2v) is 4.36. The Balaban J connectivity index is 2.79. The number of rotatable bonds is 3. The van der Waals surface area contributed by atoms with Crippen molar-refractivity contribution < 1.29 is 0 Å². The van der Waals surface area contributed by atoms with Crippen LogP contribution in [0.3, 0.4) is 0 Å². The SMILES string of the molecule is CNCc1sc(SC)nc1C. The molecule has 4 heteroatoms. The van der Waals surface area contributed by atoms with Crippen LogP contribution in [-0.4, -0.2) is 18.3 Å². The summed E-state index contributed by atoms with van der Waals surface area (Å²) < 4.78 is 1.16. The van der Waals surface area contributed by atoms with Crippen LogP contribution in [0.4, 0.5) is 0 Å². The Hall–Kier alpha value is -0.0600. The molecule has 0 aliphatic carbocycles. The molecule has 0 radical (unpaired) electrons. The van der Waals surface area contributed by atoms with Crippen LogP contribution in [0.5, 0.6) is 0 Å². The van der Waals surface area contributed by atoms with Gasteiger partial charge in [-0.15, -0.1) is 11.3 Å². The van der Waals surface area contributed by atoms with E-state index in [9.17, 15) is 0 Å². The molecule has 0 amide bonds. The van der Waals surface area contributed by atoms with Crippen LogP contribution in [-0.2, 0) is 6.54 Å². The summed E-state index contributed by atoms with van der Waals surface area (Å²) in [5.41, 5.74) is 1.16. The Kier molecular flexibility index (Phi) is 3.36. The first-order chi connectivity index (χ1) is 5.27. The standard InChI is InChI=1S/C7H12N2S2/c1-5-6(4-8-2)11-7(9-5)10-3/h8H,4H2,1-3H3. The van der Waals surface area contributed by atoms with Gasteiger partial charge in [0.2, 0.25) is 0 Å². The molecule has 1 aromatic heterocycles. The van der Waals surface area contributed by atoms with Crippen molar-refractivity contribution in [3.63, 3.8) is 0 Å². The third-order valence-electron chi connectivity index (χ3n) is 1.38. The van der Waals surface area contributed by atoms with Gasteiger partial charge in [-0.05, 0) is 20.2 Å². The fourth-order valence-corrected chi connectivity index (χ4v) is 2.48. The normalized spacial score (nSPS) is 10.5. The van der Waals surface area contributed by atoms with E-state index in [-0.39, 0.29) is 0 Å². The highest BCUT2D eigenvalue weighted by Gasteiger charge is 2.04. The molecule has 11 heavy (non-hydrogen) atoms. The molecule has 0 bridgehead atoms. The lowest BCUT2D eigenvalue weighted by Gasteiger charge is -1.93. The molecule has 0 aromatic carbocycles. The number of aromatic nitrogens is 1. The minimum atomic E-state index is 0.935. The van der Waals surface area contributed by atoms with Crippen molar-refractivity contribution >= 4 is 23.1 Å². The van der Waals surface area contributed by atoms with E-state index in [1.807, 2.05) is 7.05 Å². The zero-order chi connectivity index (χ0) is 8.27. The molecular weight excluding hydrogens is 176 g/mol. The molecule has 2 nitrogen and oxygen atoms in total. The first-order valence-corrected chi connectivity index (χ1v) is 5.47. The summed E-state index contributed by atoms with van der Waals surface area (Å²) >= 11 is 3.48. The van der Waals surface area contributed by atoms with Crippen LogP contribution in [0.15, 0.2) is 4.34 Å². The molecule has 62 valence electrons. The highest BCUT2D eigenvalue weighted by Crippen LogP contribution is 2.24. The summed E-state index contributed by atoms with van der Waals surface area (Å²) in [6, 6.07) is 0. The van der Waals surface area contributed by atoms with Gasteiger partial charge in [0.1, 0.15) is 4.34 Å². The van der Waals surface area contributed by atoms with Crippen molar-refractivity contribution in [1.82, 2.24) is 10.3 Å². The van der Waals surface area contributed by atoms with Gasteiger partial charge in [0.05, 0.1) is 5.69 Å². The molecular formula is C7H12N2S2. The Morgan fingerprint density at radius 3 is 2.82 bits per heavy atom. The first-order valence-electron chi connectivity index (χ1n) is 3.42. The highest BCUT2D eigenvalue weighted by atomic mass is 32.2. The lowest BCUT2D eigenvalue weighted by Crippen LogP contribution is -2.04. The second kappa shape index (κ2) is 4.09. The maximum Gasteiger partial charge on any atom is 0.150 e. The van der Waals surface area contributed by atoms with Crippen molar-refractivity contribution in [2.24, 2.45) is 0 Å². The Labute approximate surface area is 75.4 Å². The fraction of sp³-hybridized carbons (Fsp3) is 0.571. The van der Waals surface area contributed by atoms with Crippen LogP contribution in [0.2, 0.25) is 0 Å². The van der Waals surface area contributed by atoms with E-state index in [0.717, 1.165) is 16.6 Å². The van der Waals surface area contributed by atoms with Crippen LogP contribution >= 0.6 is 23.1 Å². The average Bonchev–Trinajstić information content (AvgIpc) is 2.33. The molecule has 0 atom stereocenters. The van der Waals surface area contributed by atoms with Crippen LogP contribution in [0.1, 0.15) is 10.6 Å². The Morgan fingerprint density at radius 2 is 2.36 bits per heavy atom. The second-order valence-electron chi connectivity index (χ2n) is 2.22. The van der Waals surface area contributed by atoms with Crippen molar-refractivity contribution in [1.29, 1.82) is 0 Å². The largest absolute Gasteiger partial charge is 0.315 e. The van der Waals surface area contributed by atoms with Crippen molar-refractivity contribution in [2.45, 2.75) is 17.8 Å². The summed E-state index contributed by atoms with van der Waals surface area (Å²) in [6.07, 6.45) is 2.06. The zero-order valence-corrected chi connectivity index (χ0v) is 8.60. The average molecular weight is 188 g/mol. The van der Waals surface area contributed by atoms with E-state index in [2.05, 4.69) is 23.5 Å². The number of aryl methyl sites for hydroxylation is 1. The summed E-state index contributed by atoms with van der Waals surface area (Å²) in [7, 11) is 1.96. The molecule has 1 N–H and O–H groups in total. The van der Waals surface area contributed by atoms with Crippen molar-refractivity contribution in [3.05, 3.63) is 10.6 Å². The number of hydrogen-bond donors (Lipinski definition) is 1. The number of nitrogens with one attached hydrogen (secondary N) is 1. The number of hydrogen-bond acceptors (Lipinski definition) is 4. The molecule has 0 saturated carbocycles. The molecule has 0 aliphatic rings. The summed E-state index contributed by atoms with van der Waals surface area (Å²) in [5, 5.41) is 3.12. The van der Waals surface area contributed by atoms with Gasteiger partial charge in [-0.25, -0.2) is 4.98 Å². The lowest BCUT2D eigenvalue weighted by molar-refractivity contribution is 0.822. The predicted molar refractivity (Wildman–Crippen MR) is 51.4 cm³/mol. The minimum Gasteiger partial charge on any atom is -0.315 e. The van der Waals surface area contributed by atoms with Gasteiger partial charge in [-0.2, -0.15) is 0 Å². The van der Waals surface area contributed by atoms with E-state index in [1.165, 1.54) is 4.88 Å². The molecule has 1 rings (SSSR count). The number of thiazole rings is 1. The van der Waals surface area contributed by atoms with Crippen LogP contribution in [0, 0.1) is 6.92 Å². The maximum atomic E-state index is 4.39. The fourth-order valence-electron chi connectivity index (χ4n) is 0.813. The van der Waals surface area contributed by atoms with E-state index in [4.69, 9.17) is 0 Å². The molecule has 0 saturated heterocycles. The number of nitrogens with zero attached hydrogens (tertiary/aromatic N) is 1. The minimum absolute atomic E-state index is 0.935. The maximum absolute atomic E-state index is 4.39. The van der Waals surface area contributed by atoms with Gasteiger partial charge in [0.15, 0.2) is 0 Å². The number of thioether (sulfide) groups is 1. The van der Waals surface area contributed by atoms with Gasteiger partial charge in [-0.3, -0.25) is 0 Å². The zero-order valence-electron chi connectivity index (χ0n) is 6.97. The highest BCUT2D eigenvalue weighted by molar-refractivity contribution is 8.00. The van der Waals surface area contributed by atoms with Gasteiger partial charge >= 0.3 is 0 Å². The van der Waals surface area contributed by atoms with Crippen LogP contribution in [0.25, 0.3) is 0 Å². The van der Waals surface area contributed by atoms with E-state index >= 15 is 0 Å². The van der Waals surface area contributed by atoms with Gasteiger partial charge in [0, 0.05) is 11.4 Å². The summed E-state index contributed by atoms with van der Waals surface area (Å²) in [4.78, 5) is 5.73. The quantitative estimate of drug-likeness (QED) is 0.733. The molecule has 1 aromatic rings. The molecule has 0 fully saturated rings. The molecule has 0 spiro atoms. The van der Waals surface area contributed by atoms with Crippen molar-refractivity contribution in [2.75, 3.05) is 13.3 Å². The molecule has 0 aliphatic heterocycles. The topological polar surface area (TPSA) is 24.9 Å². The van der Waals surface area contributed by atoms with E-state index in [0.29, 0.717) is 0 Å². The van der Waals surface area contributed by atoms with Crippen LogP contribution < -0.4 is 5.32 Å². The molecule has 1 heterocycles. The third kappa shape index (κ3) is 2.18. The smallest absolute Gasteiger partial charge is 0.150 e. The Bertz CT molecular complexity index is 232. The van der Waals surface area contributed by atoms with E-state index in [1.54, 1.807) is 23.1 Å². The predicted octanol–water partition coefficient (Wildman–Crippen LogP) is 1.89. The first kappa shape index (κ1) is 9.03. The van der Waals surface area contributed by atoms with Gasteiger partial charge in [0.25, 0.3) is 0 Å².